The van der Waals surface area contributed by atoms with Crippen molar-refractivity contribution < 1.29 is 4.57 Å². The fraction of sp³-hybridized carbons (Fsp3) is 0.271. The van der Waals surface area contributed by atoms with Gasteiger partial charge in [0.2, 0.25) is 5.69 Å². The zero-order chi connectivity index (χ0) is 33.8. The Bertz CT molecular complexity index is 2290. The highest BCUT2D eigenvalue weighted by Crippen LogP contribution is 2.63. The van der Waals surface area contributed by atoms with Crippen LogP contribution >= 0.6 is 0 Å². The molecule has 0 saturated heterocycles. The van der Waals surface area contributed by atoms with E-state index in [0.29, 0.717) is 6.04 Å². The summed E-state index contributed by atoms with van der Waals surface area (Å²) in [5, 5.41) is 0. The number of benzene rings is 5. The van der Waals surface area contributed by atoms with E-state index in [4.69, 9.17) is 0 Å². The van der Waals surface area contributed by atoms with Crippen LogP contribution in [0, 0.1) is 27.7 Å². The highest BCUT2D eigenvalue weighted by atomic mass is 15.0. The number of nitrogens with zero attached hydrogens (tertiary/aromatic N) is 1. The number of aromatic nitrogens is 1. The van der Waals surface area contributed by atoms with Gasteiger partial charge in [0.25, 0.3) is 0 Å². The first kappa shape index (κ1) is 30.3. The lowest BCUT2D eigenvalue weighted by atomic mass is 9.65. The lowest BCUT2D eigenvalue weighted by Crippen LogP contribution is -2.55. The molecule has 5 aromatic carbocycles. The van der Waals surface area contributed by atoms with Crippen LogP contribution in [0.3, 0.4) is 0 Å². The molecule has 1 heteroatoms. The molecule has 49 heavy (non-hydrogen) atoms. The van der Waals surface area contributed by atoms with Gasteiger partial charge in [-0.3, -0.25) is 0 Å². The van der Waals surface area contributed by atoms with E-state index in [0.717, 1.165) is 19.3 Å². The maximum Gasteiger partial charge on any atom is 0.213 e. The topological polar surface area (TPSA) is 3.88 Å². The molecule has 1 unspecified atom stereocenters. The van der Waals surface area contributed by atoms with E-state index >= 15 is 0 Å². The normalized spacial score (nSPS) is 16.8. The molecule has 0 amide bonds. The SMILES string of the molecule is CCC1[n+]2ccccc2-c2cc(-c3ccc4c(c3)-c3ccccc3C43c4cc(C)c(C)cc4-c4cc(C)c(C)cc43)ccc2C1(CC)CC. The quantitative estimate of drug-likeness (QED) is 0.169. The Hall–Kier alpha value is -4.75. The summed E-state index contributed by atoms with van der Waals surface area (Å²) in [6.07, 6.45) is 5.71. The summed E-state index contributed by atoms with van der Waals surface area (Å²) in [7, 11) is 0. The maximum atomic E-state index is 2.57. The summed E-state index contributed by atoms with van der Waals surface area (Å²) in [6, 6.07) is 41.0. The first-order chi connectivity index (χ1) is 23.8. The van der Waals surface area contributed by atoms with E-state index in [9.17, 15) is 0 Å². The Morgan fingerprint density at radius 1 is 0.490 bits per heavy atom. The van der Waals surface area contributed by atoms with E-state index in [1.54, 1.807) is 0 Å². The minimum absolute atomic E-state index is 0.126. The molecule has 2 aliphatic carbocycles. The van der Waals surface area contributed by atoms with E-state index in [1.165, 1.54) is 94.7 Å². The Morgan fingerprint density at radius 2 is 1.02 bits per heavy atom. The number of pyridine rings is 1. The zero-order valence-corrected chi connectivity index (χ0v) is 30.0. The van der Waals surface area contributed by atoms with Gasteiger partial charge in [-0.1, -0.05) is 93.6 Å². The van der Waals surface area contributed by atoms with Crippen LogP contribution in [0.2, 0.25) is 0 Å². The molecule has 3 aliphatic rings. The number of fused-ring (bicyclic) bond motifs is 13. The maximum absolute atomic E-state index is 2.57. The van der Waals surface area contributed by atoms with Crippen molar-refractivity contribution in [1.29, 1.82) is 0 Å². The smallest absolute Gasteiger partial charge is 0.195 e. The zero-order valence-electron chi connectivity index (χ0n) is 30.0. The van der Waals surface area contributed by atoms with E-state index in [-0.39, 0.29) is 10.8 Å². The van der Waals surface area contributed by atoms with Gasteiger partial charge in [0.15, 0.2) is 12.2 Å². The largest absolute Gasteiger partial charge is 0.213 e. The fourth-order valence-corrected chi connectivity index (χ4v) is 10.3. The lowest BCUT2D eigenvalue weighted by Gasteiger charge is -2.41. The van der Waals surface area contributed by atoms with Crippen molar-refractivity contribution in [2.75, 3.05) is 0 Å². The van der Waals surface area contributed by atoms with Gasteiger partial charge >= 0.3 is 0 Å². The molecule has 242 valence electrons. The van der Waals surface area contributed by atoms with Crippen molar-refractivity contribution in [2.24, 2.45) is 0 Å². The van der Waals surface area contributed by atoms with Gasteiger partial charge in [0.1, 0.15) is 0 Å². The first-order valence-corrected chi connectivity index (χ1v) is 18.4. The Balaban J connectivity index is 1.29. The second kappa shape index (κ2) is 10.6. The molecule has 2 heterocycles. The monoisotopic (exact) mass is 636 g/mol. The number of aryl methyl sites for hydroxylation is 4. The molecule has 1 aliphatic heterocycles. The average molecular weight is 637 g/mol. The second-order valence-corrected chi connectivity index (χ2v) is 15.1. The van der Waals surface area contributed by atoms with Gasteiger partial charge in [-0.25, -0.2) is 0 Å². The van der Waals surface area contributed by atoms with Crippen LogP contribution in [-0.4, -0.2) is 0 Å². The lowest BCUT2D eigenvalue weighted by molar-refractivity contribution is -0.725. The van der Waals surface area contributed by atoms with Crippen LogP contribution < -0.4 is 4.57 Å². The molecule has 6 aromatic rings. The highest BCUT2D eigenvalue weighted by molar-refractivity contribution is 5.96. The summed E-state index contributed by atoms with van der Waals surface area (Å²) in [6.45, 7) is 16.2. The third kappa shape index (κ3) is 3.80. The van der Waals surface area contributed by atoms with Gasteiger partial charge in [0.05, 0.1) is 16.4 Å². The number of hydrogen-bond donors (Lipinski definition) is 0. The molecule has 9 rings (SSSR count). The van der Waals surface area contributed by atoms with Crippen LogP contribution in [0.15, 0.2) is 109 Å². The van der Waals surface area contributed by atoms with Gasteiger partial charge in [-0.15, -0.1) is 0 Å². The average Bonchev–Trinajstić information content (AvgIpc) is 3.56. The molecule has 0 radical (unpaired) electrons. The predicted octanol–water partition coefficient (Wildman–Crippen LogP) is 11.9. The second-order valence-electron chi connectivity index (χ2n) is 15.1. The van der Waals surface area contributed by atoms with Crippen molar-refractivity contribution in [3.63, 3.8) is 0 Å². The molecule has 0 saturated carbocycles. The number of hydrogen-bond acceptors (Lipinski definition) is 0. The summed E-state index contributed by atoms with van der Waals surface area (Å²) >= 11 is 0. The summed E-state index contributed by atoms with van der Waals surface area (Å²) in [4.78, 5) is 0. The van der Waals surface area contributed by atoms with Gasteiger partial charge < -0.3 is 0 Å². The fourth-order valence-electron chi connectivity index (χ4n) is 10.3. The molecule has 1 nitrogen and oxygen atoms in total. The van der Waals surface area contributed by atoms with Crippen LogP contribution in [0.5, 0.6) is 0 Å². The van der Waals surface area contributed by atoms with Crippen LogP contribution in [0.25, 0.3) is 44.6 Å². The minimum Gasteiger partial charge on any atom is -0.195 e. The standard InChI is InChI=1S/C48H46N/c1-8-46-47(9-2,10-3)40-20-18-34(28-39(40)45-17-13-14-22-49(45)46)33-19-21-42-38(27-33)35-15-11-12-16-41(35)48(42)43-25-31(6)29(4)23-36(43)37-24-30(5)32(7)26-44(37)48/h11-28,46H,8-10H2,1-7H3/q+1. The summed E-state index contributed by atoms with van der Waals surface area (Å²) < 4.78 is 2.57. The van der Waals surface area contributed by atoms with Crippen molar-refractivity contribution in [3.05, 3.63) is 159 Å². The first-order valence-electron chi connectivity index (χ1n) is 18.4. The van der Waals surface area contributed by atoms with E-state index in [1.807, 2.05) is 0 Å². The third-order valence-electron chi connectivity index (χ3n) is 13.1. The Morgan fingerprint density at radius 3 is 1.65 bits per heavy atom. The van der Waals surface area contributed by atoms with Crippen molar-refractivity contribution >= 4 is 0 Å². The van der Waals surface area contributed by atoms with Crippen LogP contribution in [-0.2, 0) is 10.8 Å². The molecule has 0 N–H and O–H groups in total. The third-order valence-corrected chi connectivity index (χ3v) is 13.1. The molecular formula is C48H46N+. The Kier molecular flexibility index (Phi) is 6.57. The number of rotatable bonds is 4. The molecular weight excluding hydrogens is 591 g/mol. The van der Waals surface area contributed by atoms with E-state index in [2.05, 4.69) is 162 Å². The molecule has 1 spiro atoms. The van der Waals surface area contributed by atoms with Crippen molar-refractivity contribution in [1.82, 2.24) is 0 Å². The van der Waals surface area contributed by atoms with Crippen molar-refractivity contribution in [2.45, 2.75) is 84.6 Å². The summed E-state index contributed by atoms with van der Waals surface area (Å²) in [5.41, 5.74) is 23.2. The molecule has 0 bridgehead atoms. The van der Waals surface area contributed by atoms with Gasteiger partial charge in [-0.2, -0.15) is 4.57 Å². The van der Waals surface area contributed by atoms with Crippen molar-refractivity contribution in [3.8, 4) is 44.6 Å². The predicted molar refractivity (Wildman–Crippen MR) is 204 cm³/mol. The minimum atomic E-state index is -0.325. The molecule has 1 aromatic heterocycles. The van der Waals surface area contributed by atoms with E-state index < -0.39 is 0 Å². The van der Waals surface area contributed by atoms with Crippen LogP contribution in [0.4, 0.5) is 0 Å². The van der Waals surface area contributed by atoms with Gasteiger partial charge in [-0.05, 0) is 142 Å². The highest BCUT2D eigenvalue weighted by Gasteiger charge is 2.52. The molecule has 1 atom stereocenters. The van der Waals surface area contributed by atoms with Crippen LogP contribution in [0.1, 0.15) is 96.1 Å². The molecule has 0 fully saturated rings. The summed E-state index contributed by atoms with van der Waals surface area (Å²) in [5.74, 6) is 0. The Labute approximate surface area is 292 Å². The van der Waals surface area contributed by atoms with Gasteiger partial charge in [0, 0.05) is 18.6 Å².